The number of nitrogens with zero attached hydrogens (tertiary/aromatic N) is 2. The number of carbonyl (C=O) groups is 1. The third-order valence-corrected chi connectivity index (χ3v) is 6.81. The van der Waals surface area contributed by atoms with Gasteiger partial charge in [0.1, 0.15) is 5.82 Å². The number of halogens is 2. The van der Waals surface area contributed by atoms with Crippen molar-refractivity contribution in [2.45, 2.75) is 13.0 Å². The molecule has 0 aliphatic carbocycles. The van der Waals surface area contributed by atoms with Gasteiger partial charge in [-0.05, 0) is 23.3 Å². The summed E-state index contributed by atoms with van der Waals surface area (Å²) in [6.07, 6.45) is 0.0957. The van der Waals surface area contributed by atoms with E-state index in [1.165, 1.54) is 22.0 Å². The second-order valence-corrected chi connectivity index (χ2v) is 9.22. The molecule has 1 heterocycles. The van der Waals surface area contributed by atoms with Crippen molar-refractivity contribution in [1.82, 2.24) is 14.5 Å². The lowest BCUT2D eigenvalue weighted by Crippen LogP contribution is -2.49. The van der Waals surface area contributed by atoms with Crippen molar-refractivity contribution in [3.05, 3.63) is 71.5 Å². The van der Waals surface area contributed by atoms with Crippen LogP contribution < -0.4 is 5.32 Å². The number of nitrogens with one attached hydrogen (secondary N) is 1. The van der Waals surface area contributed by atoms with Crippen molar-refractivity contribution in [3.8, 4) is 0 Å². The van der Waals surface area contributed by atoms with Crippen molar-refractivity contribution in [1.29, 1.82) is 0 Å². The van der Waals surface area contributed by atoms with Crippen molar-refractivity contribution in [3.63, 3.8) is 0 Å². The van der Waals surface area contributed by atoms with Crippen molar-refractivity contribution in [2.24, 2.45) is 0 Å². The Labute approximate surface area is 183 Å². The number of hydrogen-bond donors (Lipinski definition) is 1. The number of rotatable bonds is 8. The van der Waals surface area contributed by atoms with Gasteiger partial charge in [-0.3, -0.25) is 9.69 Å². The van der Waals surface area contributed by atoms with Gasteiger partial charge in [-0.2, -0.15) is 4.31 Å². The molecule has 0 radical (unpaired) electrons. The van der Waals surface area contributed by atoms with Crippen LogP contribution in [0.1, 0.15) is 11.1 Å². The zero-order valence-corrected chi connectivity index (χ0v) is 18.3. The van der Waals surface area contributed by atoms with Gasteiger partial charge in [0.05, 0.1) is 12.2 Å². The molecule has 0 saturated carbocycles. The van der Waals surface area contributed by atoms with Crippen LogP contribution in [0.2, 0.25) is 0 Å². The van der Waals surface area contributed by atoms with Crippen molar-refractivity contribution < 1.29 is 17.6 Å². The van der Waals surface area contributed by atoms with E-state index in [0.717, 1.165) is 6.54 Å². The molecule has 1 saturated heterocycles. The van der Waals surface area contributed by atoms with Crippen LogP contribution in [0, 0.1) is 5.82 Å². The number of sulfonamides is 1. The molecular weight excluding hydrogens is 429 g/mol. The van der Waals surface area contributed by atoms with Gasteiger partial charge in [-0.15, -0.1) is 12.4 Å². The lowest BCUT2D eigenvalue weighted by atomic mass is 10.1. The molecule has 1 fully saturated rings. The Morgan fingerprint density at radius 2 is 1.57 bits per heavy atom. The highest BCUT2D eigenvalue weighted by atomic mass is 35.5. The third-order valence-electron chi connectivity index (χ3n) is 4.93. The van der Waals surface area contributed by atoms with Crippen LogP contribution in [0.3, 0.4) is 0 Å². The van der Waals surface area contributed by atoms with Gasteiger partial charge in [0.15, 0.2) is 0 Å². The summed E-state index contributed by atoms with van der Waals surface area (Å²) >= 11 is 0. The first-order chi connectivity index (χ1) is 13.9. The first-order valence-electron chi connectivity index (χ1n) is 9.68. The fraction of sp³-hybridized carbons (Fsp3) is 0.381. The number of benzene rings is 2. The predicted molar refractivity (Wildman–Crippen MR) is 117 cm³/mol. The molecule has 0 spiro atoms. The number of amides is 1. The maximum atomic E-state index is 12.9. The van der Waals surface area contributed by atoms with Gasteiger partial charge in [0.2, 0.25) is 15.9 Å². The summed E-state index contributed by atoms with van der Waals surface area (Å²) in [6.45, 7) is 3.16. The standard InChI is InChI=1S/C21H26FN3O3S.ClH/c22-20-8-6-18(7-9-20)16-21(26)23-10-15-29(27,28)25-13-11-24(12-14-25)17-19-4-2-1-3-5-19;/h1-9H,10-17H2,(H,23,26);1H. The van der Waals surface area contributed by atoms with Gasteiger partial charge >= 0.3 is 0 Å². The molecule has 6 nitrogen and oxygen atoms in total. The summed E-state index contributed by atoms with van der Waals surface area (Å²) in [5.74, 6) is -0.760. The summed E-state index contributed by atoms with van der Waals surface area (Å²) in [4.78, 5) is 14.2. The normalized spacial score (nSPS) is 15.4. The zero-order chi connectivity index (χ0) is 20.7. The Morgan fingerprint density at radius 3 is 2.20 bits per heavy atom. The van der Waals surface area contributed by atoms with Crippen molar-refractivity contribution in [2.75, 3.05) is 38.5 Å². The molecule has 1 aliphatic heterocycles. The van der Waals surface area contributed by atoms with E-state index < -0.39 is 10.0 Å². The van der Waals surface area contributed by atoms with Crippen LogP contribution in [0.5, 0.6) is 0 Å². The third kappa shape index (κ3) is 7.36. The van der Waals surface area contributed by atoms with E-state index in [4.69, 9.17) is 0 Å². The van der Waals surface area contributed by atoms with Crippen LogP contribution in [0.25, 0.3) is 0 Å². The average molecular weight is 456 g/mol. The largest absolute Gasteiger partial charge is 0.355 e. The van der Waals surface area contributed by atoms with Crippen LogP contribution in [0.15, 0.2) is 54.6 Å². The van der Waals surface area contributed by atoms with E-state index in [0.29, 0.717) is 31.7 Å². The smallest absolute Gasteiger partial charge is 0.224 e. The molecule has 0 unspecified atom stereocenters. The monoisotopic (exact) mass is 455 g/mol. The van der Waals surface area contributed by atoms with Gasteiger partial charge in [-0.25, -0.2) is 12.8 Å². The topological polar surface area (TPSA) is 69.7 Å². The maximum absolute atomic E-state index is 12.9. The minimum Gasteiger partial charge on any atom is -0.355 e. The van der Waals surface area contributed by atoms with Crippen LogP contribution >= 0.6 is 12.4 Å². The summed E-state index contributed by atoms with van der Waals surface area (Å²) < 4.78 is 39.5. The Hall–Kier alpha value is -2.00. The first kappa shape index (κ1) is 24.3. The summed E-state index contributed by atoms with van der Waals surface area (Å²) in [6, 6.07) is 15.8. The maximum Gasteiger partial charge on any atom is 0.224 e. The molecule has 1 amide bonds. The molecule has 1 N–H and O–H groups in total. The summed E-state index contributed by atoms with van der Waals surface area (Å²) in [5, 5.41) is 2.63. The number of hydrogen-bond acceptors (Lipinski definition) is 4. The van der Waals surface area contributed by atoms with E-state index in [2.05, 4.69) is 22.3 Å². The highest BCUT2D eigenvalue weighted by Crippen LogP contribution is 2.11. The van der Waals surface area contributed by atoms with Crippen LogP contribution in [-0.4, -0.2) is 62.0 Å². The van der Waals surface area contributed by atoms with E-state index >= 15 is 0 Å². The molecule has 30 heavy (non-hydrogen) atoms. The van der Waals surface area contributed by atoms with Gasteiger partial charge < -0.3 is 5.32 Å². The van der Waals surface area contributed by atoms with Crippen LogP contribution in [0.4, 0.5) is 4.39 Å². The predicted octanol–water partition coefficient (Wildman–Crippen LogP) is 2.05. The van der Waals surface area contributed by atoms with E-state index in [1.54, 1.807) is 12.1 Å². The van der Waals surface area contributed by atoms with E-state index in [9.17, 15) is 17.6 Å². The molecule has 1 aliphatic rings. The van der Waals surface area contributed by atoms with Gasteiger partial charge in [0, 0.05) is 39.3 Å². The highest BCUT2D eigenvalue weighted by molar-refractivity contribution is 7.89. The molecule has 2 aromatic carbocycles. The Bertz CT molecular complexity index is 903. The van der Waals surface area contributed by atoms with E-state index in [-0.39, 0.29) is 42.8 Å². The van der Waals surface area contributed by atoms with Gasteiger partial charge in [-0.1, -0.05) is 42.5 Å². The van der Waals surface area contributed by atoms with Crippen LogP contribution in [-0.2, 0) is 27.8 Å². The lowest BCUT2D eigenvalue weighted by molar-refractivity contribution is -0.120. The Kier molecular flexibility index (Phi) is 9.23. The second-order valence-electron chi connectivity index (χ2n) is 7.13. The fourth-order valence-corrected chi connectivity index (χ4v) is 4.64. The molecule has 0 aromatic heterocycles. The first-order valence-corrected chi connectivity index (χ1v) is 11.3. The number of carbonyl (C=O) groups excluding carboxylic acids is 1. The Balaban J connectivity index is 0.00000320. The van der Waals surface area contributed by atoms with E-state index in [1.807, 2.05) is 18.2 Å². The SMILES string of the molecule is Cl.O=C(Cc1ccc(F)cc1)NCCS(=O)(=O)N1CCN(Cc2ccccc2)CC1. The summed E-state index contributed by atoms with van der Waals surface area (Å²) in [5.41, 5.74) is 1.90. The highest BCUT2D eigenvalue weighted by Gasteiger charge is 2.26. The number of piperazine rings is 1. The second kappa shape index (κ2) is 11.4. The Morgan fingerprint density at radius 1 is 0.933 bits per heavy atom. The minimum atomic E-state index is -3.41. The molecule has 0 atom stereocenters. The van der Waals surface area contributed by atoms with Crippen molar-refractivity contribution >= 4 is 28.3 Å². The molecular formula is C21H27ClFN3O3S. The minimum absolute atomic E-state index is 0. The molecule has 3 rings (SSSR count). The zero-order valence-electron chi connectivity index (χ0n) is 16.7. The molecule has 0 bridgehead atoms. The summed E-state index contributed by atoms with van der Waals surface area (Å²) in [7, 11) is -3.41. The molecule has 164 valence electrons. The quantitative estimate of drug-likeness (QED) is 0.661. The van der Waals surface area contributed by atoms with Gasteiger partial charge in [0.25, 0.3) is 0 Å². The fourth-order valence-electron chi connectivity index (χ4n) is 3.31. The average Bonchev–Trinajstić information content (AvgIpc) is 2.71. The lowest BCUT2D eigenvalue weighted by Gasteiger charge is -2.34. The molecule has 2 aromatic rings. The molecule has 9 heteroatoms.